The van der Waals surface area contributed by atoms with Gasteiger partial charge in [-0.15, -0.1) is 0 Å². The molecule has 1 aromatic carbocycles. The molecular weight excluding hydrogens is 206 g/mol. The van der Waals surface area contributed by atoms with Crippen molar-refractivity contribution in [2.75, 3.05) is 34.4 Å². The number of benzene rings is 1. The zero-order valence-electron chi connectivity index (χ0n) is 9.90. The van der Waals surface area contributed by atoms with Gasteiger partial charge in [-0.05, 0) is 26.2 Å². The molecule has 0 spiro atoms. The number of ether oxygens (including phenoxy) is 2. The van der Waals surface area contributed by atoms with Gasteiger partial charge in [0.25, 0.3) is 0 Å². The second-order valence-electron chi connectivity index (χ2n) is 3.71. The zero-order chi connectivity index (χ0) is 12.0. The van der Waals surface area contributed by atoms with Crippen molar-refractivity contribution in [2.45, 2.75) is 0 Å². The summed E-state index contributed by atoms with van der Waals surface area (Å²) in [4.78, 5) is 12.7. The number of aldehydes is 1. The third-order valence-electron chi connectivity index (χ3n) is 2.08. The van der Waals surface area contributed by atoms with Gasteiger partial charge in [0.2, 0.25) is 0 Å². The summed E-state index contributed by atoms with van der Waals surface area (Å²) in [6, 6.07) is 5.14. The average Bonchev–Trinajstić information content (AvgIpc) is 2.28. The van der Waals surface area contributed by atoms with E-state index >= 15 is 0 Å². The molecule has 0 aliphatic rings. The maximum atomic E-state index is 10.7. The van der Waals surface area contributed by atoms with E-state index in [1.165, 1.54) is 0 Å². The fraction of sp³-hybridized carbons (Fsp3) is 0.417. The van der Waals surface area contributed by atoms with Gasteiger partial charge in [-0.3, -0.25) is 4.79 Å². The quantitative estimate of drug-likeness (QED) is 0.684. The minimum absolute atomic E-state index is 0.555. The molecule has 0 bridgehead atoms. The van der Waals surface area contributed by atoms with Crippen LogP contribution in [-0.4, -0.2) is 45.5 Å². The number of hydrogen-bond donors (Lipinski definition) is 0. The molecule has 88 valence electrons. The van der Waals surface area contributed by atoms with Gasteiger partial charge in [0, 0.05) is 18.2 Å². The van der Waals surface area contributed by atoms with Crippen LogP contribution >= 0.6 is 0 Å². The lowest BCUT2D eigenvalue weighted by atomic mass is 10.2. The van der Waals surface area contributed by atoms with E-state index in [2.05, 4.69) is 0 Å². The Bertz CT molecular complexity index is 350. The number of methoxy groups -OCH3 is 1. The summed E-state index contributed by atoms with van der Waals surface area (Å²) >= 11 is 0. The van der Waals surface area contributed by atoms with Crippen molar-refractivity contribution in [1.29, 1.82) is 0 Å². The summed E-state index contributed by atoms with van der Waals surface area (Å²) in [5.41, 5.74) is 0.555. The molecule has 16 heavy (non-hydrogen) atoms. The molecule has 0 saturated carbocycles. The van der Waals surface area contributed by atoms with Crippen LogP contribution in [0.1, 0.15) is 10.4 Å². The Morgan fingerprint density at radius 3 is 2.50 bits per heavy atom. The number of carbonyl (C=O) groups excluding carboxylic acids is 1. The zero-order valence-corrected chi connectivity index (χ0v) is 9.90. The first kappa shape index (κ1) is 12.5. The van der Waals surface area contributed by atoms with Crippen molar-refractivity contribution in [3.63, 3.8) is 0 Å². The predicted molar refractivity (Wildman–Crippen MR) is 62.4 cm³/mol. The fourth-order valence-corrected chi connectivity index (χ4v) is 1.21. The smallest absolute Gasteiger partial charge is 0.150 e. The molecule has 4 nitrogen and oxygen atoms in total. The Labute approximate surface area is 95.8 Å². The number of rotatable bonds is 6. The second kappa shape index (κ2) is 6.12. The minimum atomic E-state index is 0.555. The van der Waals surface area contributed by atoms with Crippen LogP contribution in [0.2, 0.25) is 0 Å². The molecule has 0 atom stereocenters. The number of likely N-dealkylation sites (N-methyl/N-ethyl adjacent to an activating group) is 1. The van der Waals surface area contributed by atoms with E-state index in [1.807, 2.05) is 19.0 Å². The summed E-state index contributed by atoms with van der Waals surface area (Å²) in [5.74, 6) is 1.28. The van der Waals surface area contributed by atoms with Gasteiger partial charge in [0.05, 0.1) is 7.11 Å². The predicted octanol–water partition coefficient (Wildman–Crippen LogP) is 1.45. The van der Waals surface area contributed by atoms with E-state index in [1.54, 1.807) is 25.3 Å². The van der Waals surface area contributed by atoms with Crippen molar-refractivity contribution >= 4 is 6.29 Å². The summed E-state index contributed by atoms with van der Waals surface area (Å²) in [6.45, 7) is 1.41. The van der Waals surface area contributed by atoms with Crippen LogP contribution in [0.4, 0.5) is 0 Å². The maximum Gasteiger partial charge on any atom is 0.150 e. The second-order valence-corrected chi connectivity index (χ2v) is 3.71. The van der Waals surface area contributed by atoms with Gasteiger partial charge in [-0.1, -0.05) is 0 Å². The SMILES string of the molecule is COc1cc(C=O)cc(OCCN(C)C)c1. The van der Waals surface area contributed by atoms with E-state index in [4.69, 9.17) is 9.47 Å². The number of carbonyl (C=O) groups is 1. The third-order valence-corrected chi connectivity index (χ3v) is 2.08. The van der Waals surface area contributed by atoms with Gasteiger partial charge in [0.15, 0.2) is 0 Å². The van der Waals surface area contributed by atoms with Crippen molar-refractivity contribution in [3.05, 3.63) is 23.8 Å². The number of hydrogen-bond acceptors (Lipinski definition) is 4. The first-order valence-electron chi connectivity index (χ1n) is 5.07. The molecule has 0 heterocycles. The number of nitrogens with zero attached hydrogens (tertiary/aromatic N) is 1. The highest BCUT2D eigenvalue weighted by molar-refractivity contribution is 5.76. The minimum Gasteiger partial charge on any atom is -0.497 e. The molecule has 1 aromatic rings. The maximum absolute atomic E-state index is 10.7. The normalized spacial score (nSPS) is 10.2. The highest BCUT2D eigenvalue weighted by Crippen LogP contribution is 2.21. The molecule has 1 rings (SSSR count). The molecule has 0 saturated heterocycles. The van der Waals surface area contributed by atoms with Crippen molar-refractivity contribution < 1.29 is 14.3 Å². The molecule has 0 aliphatic carbocycles. The summed E-state index contributed by atoms with van der Waals surface area (Å²) in [7, 11) is 5.52. The Morgan fingerprint density at radius 1 is 1.25 bits per heavy atom. The Kier molecular flexibility index (Phi) is 4.79. The van der Waals surface area contributed by atoms with E-state index in [-0.39, 0.29) is 0 Å². The van der Waals surface area contributed by atoms with E-state index in [0.29, 0.717) is 23.7 Å². The first-order valence-corrected chi connectivity index (χ1v) is 5.07. The van der Waals surface area contributed by atoms with Gasteiger partial charge < -0.3 is 14.4 Å². The average molecular weight is 223 g/mol. The molecule has 0 unspecified atom stereocenters. The van der Waals surface area contributed by atoms with Crippen LogP contribution in [0.3, 0.4) is 0 Å². The van der Waals surface area contributed by atoms with E-state index < -0.39 is 0 Å². The van der Waals surface area contributed by atoms with Crippen LogP contribution in [0.5, 0.6) is 11.5 Å². The Hall–Kier alpha value is -1.55. The topological polar surface area (TPSA) is 38.8 Å². The highest BCUT2D eigenvalue weighted by Gasteiger charge is 2.02. The van der Waals surface area contributed by atoms with Crippen LogP contribution in [-0.2, 0) is 0 Å². The van der Waals surface area contributed by atoms with Crippen molar-refractivity contribution in [1.82, 2.24) is 4.90 Å². The van der Waals surface area contributed by atoms with Crippen LogP contribution in [0.25, 0.3) is 0 Å². The van der Waals surface area contributed by atoms with Gasteiger partial charge >= 0.3 is 0 Å². The van der Waals surface area contributed by atoms with Crippen LogP contribution < -0.4 is 9.47 Å². The lowest BCUT2D eigenvalue weighted by molar-refractivity contribution is 0.112. The molecule has 0 radical (unpaired) electrons. The van der Waals surface area contributed by atoms with Crippen LogP contribution in [0.15, 0.2) is 18.2 Å². The molecule has 0 amide bonds. The molecule has 0 N–H and O–H groups in total. The monoisotopic (exact) mass is 223 g/mol. The lowest BCUT2D eigenvalue weighted by Gasteiger charge is -2.12. The summed E-state index contributed by atoms with van der Waals surface area (Å²) in [6.07, 6.45) is 0.779. The standard InChI is InChI=1S/C12H17NO3/c1-13(2)4-5-16-12-7-10(9-14)6-11(8-12)15-3/h6-9H,4-5H2,1-3H3. The molecule has 0 fully saturated rings. The third kappa shape index (κ3) is 3.90. The first-order chi connectivity index (χ1) is 7.65. The van der Waals surface area contributed by atoms with E-state index in [9.17, 15) is 4.79 Å². The molecular formula is C12H17NO3. The van der Waals surface area contributed by atoms with Crippen molar-refractivity contribution in [2.24, 2.45) is 0 Å². The van der Waals surface area contributed by atoms with Gasteiger partial charge in [0.1, 0.15) is 24.4 Å². The van der Waals surface area contributed by atoms with E-state index in [0.717, 1.165) is 12.8 Å². The molecule has 0 aromatic heterocycles. The Morgan fingerprint density at radius 2 is 1.94 bits per heavy atom. The van der Waals surface area contributed by atoms with Gasteiger partial charge in [-0.25, -0.2) is 0 Å². The van der Waals surface area contributed by atoms with Crippen molar-refractivity contribution in [3.8, 4) is 11.5 Å². The summed E-state index contributed by atoms with van der Waals surface area (Å²) in [5, 5.41) is 0. The molecule has 4 heteroatoms. The Balaban J connectivity index is 2.67. The largest absolute Gasteiger partial charge is 0.497 e. The van der Waals surface area contributed by atoms with Gasteiger partial charge in [-0.2, -0.15) is 0 Å². The summed E-state index contributed by atoms with van der Waals surface area (Å²) < 4.78 is 10.6. The van der Waals surface area contributed by atoms with Crippen LogP contribution in [0, 0.1) is 0 Å². The lowest BCUT2D eigenvalue weighted by Crippen LogP contribution is -2.19. The fourth-order valence-electron chi connectivity index (χ4n) is 1.21. The molecule has 0 aliphatic heterocycles. The highest BCUT2D eigenvalue weighted by atomic mass is 16.5.